The van der Waals surface area contributed by atoms with Crippen LogP contribution in [0, 0.1) is 6.92 Å². The zero-order valence-corrected chi connectivity index (χ0v) is 19.2. The van der Waals surface area contributed by atoms with Crippen LogP contribution in [-0.4, -0.2) is 52.9 Å². The van der Waals surface area contributed by atoms with E-state index in [1.165, 1.54) is 11.3 Å². The standard InChI is InChI=1S/C24H23N3O6S/c1-14-21(34-12-25-14)9-27-18(10-28)23(31-11-22(27)29)15-2-5-17(6-3-15)26-24(30)16-4-7-19-20(8-16)33-13-32-19/h2-8,12,18,23,28H,9-11,13H2,1H3,(H,26,30). The first-order valence-electron chi connectivity index (χ1n) is 10.8. The van der Waals surface area contributed by atoms with Crippen molar-refractivity contribution in [2.45, 2.75) is 25.6 Å². The summed E-state index contributed by atoms with van der Waals surface area (Å²) in [5, 5.41) is 13.0. The van der Waals surface area contributed by atoms with Crippen molar-refractivity contribution in [2.24, 2.45) is 0 Å². The van der Waals surface area contributed by atoms with Gasteiger partial charge in [0.2, 0.25) is 12.7 Å². The van der Waals surface area contributed by atoms with Gasteiger partial charge in [-0.3, -0.25) is 9.59 Å². The molecule has 0 saturated carbocycles. The minimum atomic E-state index is -0.531. The van der Waals surface area contributed by atoms with E-state index in [0.717, 1.165) is 16.1 Å². The number of carbonyl (C=O) groups is 2. The van der Waals surface area contributed by atoms with Crippen molar-refractivity contribution >= 4 is 28.8 Å². The predicted octanol–water partition coefficient (Wildman–Crippen LogP) is 2.89. The molecule has 10 heteroatoms. The summed E-state index contributed by atoms with van der Waals surface area (Å²) in [6, 6.07) is 11.7. The van der Waals surface area contributed by atoms with Crippen LogP contribution in [0.1, 0.15) is 32.6 Å². The van der Waals surface area contributed by atoms with E-state index in [1.807, 2.05) is 19.1 Å². The normalized spacial score (nSPS) is 19.4. The number of carbonyl (C=O) groups excluding carboxylic acids is 2. The molecule has 2 aliphatic heterocycles. The molecule has 176 valence electrons. The fourth-order valence-electron chi connectivity index (χ4n) is 4.05. The molecule has 0 aliphatic carbocycles. The maximum absolute atomic E-state index is 12.6. The predicted molar refractivity (Wildman–Crippen MR) is 124 cm³/mol. The van der Waals surface area contributed by atoms with Crippen LogP contribution in [0.15, 0.2) is 48.0 Å². The summed E-state index contributed by atoms with van der Waals surface area (Å²) in [5.41, 5.74) is 4.49. The van der Waals surface area contributed by atoms with Gasteiger partial charge in [0.1, 0.15) is 12.7 Å². The first-order chi connectivity index (χ1) is 16.5. The number of thiazole rings is 1. The number of rotatable bonds is 6. The molecule has 1 aromatic heterocycles. The Morgan fingerprint density at radius 2 is 2.00 bits per heavy atom. The van der Waals surface area contributed by atoms with Gasteiger partial charge >= 0.3 is 0 Å². The minimum Gasteiger partial charge on any atom is -0.454 e. The van der Waals surface area contributed by atoms with Crippen molar-refractivity contribution in [3.63, 3.8) is 0 Å². The van der Waals surface area contributed by atoms with E-state index in [0.29, 0.717) is 29.3 Å². The van der Waals surface area contributed by atoms with Crippen LogP contribution in [0.3, 0.4) is 0 Å². The molecule has 2 atom stereocenters. The van der Waals surface area contributed by atoms with Gasteiger partial charge in [-0.2, -0.15) is 0 Å². The van der Waals surface area contributed by atoms with Crippen LogP contribution >= 0.6 is 11.3 Å². The molecule has 1 fully saturated rings. The number of nitrogens with zero attached hydrogens (tertiary/aromatic N) is 2. The highest BCUT2D eigenvalue weighted by Gasteiger charge is 2.37. The Kier molecular flexibility index (Phi) is 6.18. The van der Waals surface area contributed by atoms with Gasteiger partial charge in [-0.05, 0) is 42.8 Å². The quantitative estimate of drug-likeness (QED) is 0.557. The second-order valence-corrected chi connectivity index (χ2v) is 8.95. The number of hydrogen-bond donors (Lipinski definition) is 2. The summed E-state index contributed by atoms with van der Waals surface area (Å²) in [7, 11) is 0. The molecule has 0 radical (unpaired) electrons. The fourth-order valence-corrected chi connectivity index (χ4v) is 4.83. The van der Waals surface area contributed by atoms with E-state index >= 15 is 0 Å². The zero-order valence-electron chi connectivity index (χ0n) is 18.4. The molecule has 2 N–H and O–H groups in total. The lowest BCUT2D eigenvalue weighted by Gasteiger charge is -2.40. The summed E-state index contributed by atoms with van der Waals surface area (Å²) >= 11 is 1.48. The van der Waals surface area contributed by atoms with Gasteiger partial charge in [0.15, 0.2) is 11.5 Å². The first-order valence-corrected chi connectivity index (χ1v) is 11.6. The highest BCUT2D eigenvalue weighted by Crippen LogP contribution is 2.34. The molecule has 2 aromatic carbocycles. The van der Waals surface area contributed by atoms with E-state index in [-0.39, 0.29) is 31.8 Å². The Bertz CT molecular complexity index is 1210. The highest BCUT2D eigenvalue weighted by molar-refractivity contribution is 7.09. The van der Waals surface area contributed by atoms with Crippen LogP contribution in [0.4, 0.5) is 5.69 Å². The summed E-state index contributed by atoms with van der Waals surface area (Å²) < 4.78 is 16.4. The van der Waals surface area contributed by atoms with Gasteiger partial charge in [-0.1, -0.05) is 12.1 Å². The lowest BCUT2D eigenvalue weighted by Crippen LogP contribution is -2.52. The SMILES string of the molecule is Cc1ncsc1CN1C(=O)COC(c2ccc(NC(=O)c3ccc4c(c3)OCO4)cc2)C1CO. The zero-order chi connectivity index (χ0) is 23.7. The molecule has 2 unspecified atom stereocenters. The fraction of sp³-hybridized carbons (Fsp3) is 0.292. The van der Waals surface area contributed by atoms with Crippen LogP contribution < -0.4 is 14.8 Å². The number of nitrogens with one attached hydrogen (secondary N) is 1. The lowest BCUT2D eigenvalue weighted by molar-refractivity contribution is -0.161. The van der Waals surface area contributed by atoms with Gasteiger partial charge in [0.25, 0.3) is 5.91 Å². The van der Waals surface area contributed by atoms with Crippen molar-refractivity contribution in [1.82, 2.24) is 9.88 Å². The third-order valence-corrected chi connectivity index (χ3v) is 6.85. The molecule has 1 saturated heterocycles. The Hall–Kier alpha value is -3.47. The molecular formula is C24H23N3O6S. The van der Waals surface area contributed by atoms with Gasteiger partial charge in [0.05, 0.1) is 30.4 Å². The number of aliphatic hydroxyl groups excluding tert-OH is 1. The summed E-state index contributed by atoms with van der Waals surface area (Å²) in [4.78, 5) is 32.1. The summed E-state index contributed by atoms with van der Waals surface area (Å²) in [5.74, 6) is 0.713. The Morgan fingerprint density at radius 1 is 1.21 bits per heavy atom. The lowest BCUT2D eigenvalue weighted by atomic mass is 9.99. The first kappa shape index (κ1) is 22.3. The van der Waals surface area contributed by atoms with E-state index in [4.69, 9.17) is 14.2 Å². The van der Waals surface area contributed by atoms with Gasteiger partial charge in [-0.15, -0.1) is 11.3 Å². The second-order valence-electron chi connectivity index (χ2n) is 8.01. The van der Waals surface area contributed by atoms with Gasteiger partial charge < -0.3 is 29.5 Å². The van der Waals surface area contributed by atoms with E-state index in [2.05, 4.69) is 10.3 Å². The van der Waals surface area contributed by atoms with Gasteiger partial charge in [-0.25, -0.2) is 4.98 Å². The number of anilines is 1. The van der Waals surface area contributed by atoms with Crippen molar-refractivity contribution in [3.8, 4) is 11.5 Å². The van der Waals surface area contributed by atoms with Crippen LogP contribution in [-0.2, 0) is 16.1 Å². The van der Waals surface area contributed by atoms with Crippen LogP contribution in [0.5, 0.6) is 11.5 Å². The Morgan fingerprint density at radius 3 is 2.74 bits per heavy atom. The number of benzene rings is 2. The molecule has 34 heavy (non-hydrogen) atoms. The van der Waals surface area contributed by atoms with Gasteiger partial charge in [0, 0.05) is 16.1 Å². The van der Waals surface area contributed by atoms with Crippen LogP contribution in [0.2, 0.25) is 0 Å². The molecule has 9 nitrogen and oxygen atoms in total. The maximum atomic E-state index is 12.6. The topological polar surface area (TPSA) is 110 Å². The number of morpholine rings is 1. The number of amides is 2. The van der Waals surface area contributed by atoms with Crippen LogP contribution in [0.25, 0.3) is 0 Å². The molecule has 2 aliphatic rings. The van der Waals surface area contributed by atoms with Crippen molar-refractivity contribution in [2.75, 3.05) is 25.3 Å². The number of aryl methyl sites for hydroxylation is 1. The van der Waals surface area contributed by atoms with Crippen molar-refractivity contribution < 1.29 is 28.9 Å². The molecule has 0 spiro atoms. The van der Waals surface area contributed by atoms with Crippen molar-refractivity contribution in [1.29, 1.82) is 0 Å². The third kappa shape index (κ3) is 4.35. The number of hydrogen-bond acceptors (Lipinski definition) is 8. The Balaban J connectivity index is 1.29. The third-order valence-electron chi connectivity index (χ3n) is 5.93. The summed E-state index contributed by atoms with van der Waals surface area (Å²) in [6.45, 7) is 2.12. The molecule has 0 bridgehead atoms. The number of aromatic nitrogens is 1. The smallest absolute Gasteiger partial charge is 0.255 e. The molecular weight excluding hydrogens is 458 g/mol. The van der Waals surface area contributed by atoms with E-state index < -0.39 is 12.1 Å². The largest absolute Gasteiger partial charge is 0.454 e. The average molecular weight is 482 g/mol. The molecule has 3 heterocycles. The highest BCUT2D eigenvalue weighted by atomic mass is 32.1. The van der Waals surface area contributed by atoms with E-state index in [9.17, 15) is 14.7 Å². The van der Waals surface area contributed by atoms with E-state index in [1.54, 1.807) is 40.7 Å². The maximum Gasteiger partial charge on any atom is 0.255 e. The molecule has 3 aromatic rings. The Labute approximate surface area is 199 Å². The van der Waals surface area contributed by atoms with Crippen molar-refractivity contribution in [3.05, 3.63) is 69.7 Å². The second kappa shape index (κ2) is 9.41. The summed E-state index contributed by atoms with van der Waals surface area (Å²) in [6.07, 6.45) is -0.491. The number of ether oxygens (including phenoxy) is 3. The monoisotopic (exact) mass is 481 g/mol. The minimum absolute atomic E-state index is 0.0678. The average Bonchev–Trinajstić information content (AvgIpc) is 3.49. The molecule has 5 rings (SSSR count). The number of fused-ring (bicyclic) bond motifs is 1. The number of aliphatic hydroxyl groups is 1. The molecule has 2 amide bonds.